The molecule has 0 aromatic heterocycles. The summed E-state index contributed by atoms with van der Waals surface area (Å²) in [5.74, 6) is 5.76. The van der Waals surface area contributed by atoms with Gasteiger partial charge in [0.2, 0.25) is 0 Å². The summed E-state index contributed by atoms with van der Waals surface area (Å²) in [7, 11) is 0. The van der Waals surface area contributed by atoms with Crippen molar-refractivity contribution in [3.8, 4) is 16.9 Å². The molecule has 0 fully saturated rings. The van der Waals surface area contributed by atoms with E-state index in [1.165, 1.54) is 5.56 Å². The summed E-state index contributed by atoms with van der Waals surface area (Å²) in [6.07, 6.45) is 0. The summed E-state index contributed by atoms with van der Waals surface area (Å²) >= 11 is 0. The first kappa shape index (κ1) is 17.5. The van der Waals surface area contributed by atoms with Gasteiger partial charge in [0, 0.05) is 0 Å². The molecule has 0 aliphatic rings. The van der Waals surface area contributed by atoms with Gasteiger partial charge < -0.3 is 10.1 Å². The molecule has 0 radical (unpaired) electrons. The van der Waals surface area contributed by atoms with Gasteiger partial charge in [-0.05, 0) is 35.2 Å². The van der Waals surface area contributed by atoms with Gasteiger partial charge >= 0.3 is 6.03 Å². The highest BCUT2D eigenvalue weighted by molar-refractivity contribution is 5.90. The lowest BCUT2D eigenvalue weighted by atomic mass is 10.0. The Bertz CT molecular complexity index is 878. The second-order valence-corrected chi connectivity index (χ2v) is 5.90. The second kappa shape index (κ2) is 8.18. The molecule has 3 aromatic rings. The summed E-state index contributed by atoms with van der Waals surface area (Å²) in [6, 6.07) is 23.5. The van der Waals surface area contributed by atoms with E-state index in [-0.39, 0.29) is 0 Å². The Morgan fingerprint density at radius 3 is 2.31 bits per heavy atom. The zero-order valence-corrected chi connectivity index (χ0v) is 14.5. The van der Waals surface area contributed by atoms with Crippen LogP contribution in [0.1, 0.15) is 11.1 Å². The molecule has 2 amide bonds. The number of nitrogens with two attached hydrogens (primary N) is 1. The smallest absolute Gasteiger partial charge is 0.333 e. The van der Waals surface area contributed by atoms with Crippen molar-refractivity contribution in [2.75, 3.05) is 5.32 Å². The lowest BCUT2D eigenvalue weighted by Gasteiger charge is -2.15. The summed E-state index contributed by atoms with van der Waals surface area (Å²) in [6.45, 7) is 2.33. The second-order valence-electron chi connectivity index (χ2n) is 5.90. The van der Waals surface area contributed by atoms with Crippen molar-refractivity contribution in [3.05, 3.63) is 83.9 Å². The maximum atomic E-state index is 11.5. The largest absolute Gasteiger partial charge is 0.486 e. The molecule has 26 heavy (non-hydrogen) atoms. The molecule has 5 heteroatoms. The Hall–Kier alpha value is -3.31. The Balaban J connectivity index is 1.72. The third kappa shape index (κ3) is 4.20. The lowest BCUT2D eigenvalue weighted by Crippen LogP contribution is -2.34. The molecule has 0 unspecified atom stereocenters. The highest BCUT2D eigenvalue weighted by Gasteiger charge is 2.10. The maximum absolute atomic E-state index is 11.5. The number of carbonyl (C=O) groups is 1. The molecule has 0 saturated heterocycles. The Morgan fingerprint density at radius 2 is 1.62 bits per heavy atom. The molecular weight excluding hydrogens is 326 g/mol. The number of para-hydroxylation sites is 1. The number of carbonyl (C=O) groups excluding carboxylic acids is 1. The van der Waals surface area contributed by atoms with Crippen LogP contribution in [0.4, 0.5) is 10.5 Å². The van der Waals surface area contributed by atoms with E-state index in [4.69, 9.17) is 10.6 Å². The third-order valence-corrected chi connectivity index (χ3v) is 4.04. The first-order valence-electron chi connectivity index (χ1n) is 8.32. The van der Waals surface area contributed by atoms with Crippen LogP contribution >= 0.6 is 0 Å². The minimum absolute atomic E-state index is 0.402. The van der Waals surface area contributed by atoms with Gasteiger partial charge in [-0.3, -0.25) is 5.43 Å². The van der Waals surface area contributed by atoms with Crippen molar-refractivity contribution in [2.45, 2.75) is 13.5 Å². The highest BCUT2D eigenvalue weighted by atomic mass is 16.5. The molecule has 0 bridgehead atoms. The van der Waals surface area contributed by atoms with E-state index >= 15 is 0 Å². The monoisotopic (exact) mass is 347 g/mol. The van der Waals surface area contributed by atoms with Crippen molar-refractivity contribution < 1.29 is 9.53 Å². The highest BCUT2D eigenvalue weighted by Crippen LogP contribution is 2.29. The Kier molecular flexibility index (Phi) is 5.51. The predicted octanol–water partition coefficient (Wildman–Crippen LogP) is 4.24. The van der Waals surface area contributed by atoms with Crippen LogP contribution in [0, 0.1) is 6.92 Å². The van der Waals surface area contributed by atoms with E-state index in [0.717, 1.165) is 16.7 Å². The van der Waals surface area contributed by atoms with Crippen LogP contribution in [0.5, 0.6) is 5.75 Å². The molecule has 4 N–H and O–H groups in total. The Labute approximate surface area is 152 Å². The molecule has 0 spiro atoms. The number of hydrazine groups is 1. The zero-order valence-electron chi connectivity index (χ0n) is 14.5. The van der Waals surface area contributed by atoms with Crippen LogP contribution < -0.4 is 21.3 Å². The van der Waals surface area contributed by atoms with Crippen molar-refractivity contribution in [2.24, 2.45) is 5.84 Å². The molecule has 3 aromatic carbocycles. The molecule has 5 nitrogen and oxygen atoms in total. The fraction of sp³-hybridized carbons (Fsp3) is 0.0952. The van der Waals surface area contributed by atoms with Gasteiger partial charge in [0.15, 0.2) is 0 Å². The van der Waals surface area contributed by atoms with Crippen molar-refractivity contribution in [1.29, 1.82) is 0 Å². The van der Waals surface area contributed by atoms with Crippen LogP contribution in [-0.4, -0.2) is 6.03 Å². The third-order valence-electron chi connectivity index (χ3n) is 4.04. The minimum atomic E-state index is -0.493. The number of hydrogen-bond donors (Lipinski definition) is 3. The zero-order chi connectivity index (χ0) is 18.4. The first-order valence-corrected chi connectivity index (χ1v) is 8.32. The van der Waals surface area contributed by atoms with E-state index in [2.05, 4.69) is 35.0 Å². The number of hydrogen-bond acceptors (Lipinski definition) is 3. The average Bonchev–Trinajstić information content (AvgIpc) is 2.68. The summed E-state index contributed by atoms with van der Waals surface area (Å²) in [5.41, 5.74) is 6.94. The van der Waals surface area contributed by atoms with Crippen molar-refractivity contribution in [1.82, 2.24) is 5.43 Å². The van der Waals surface area contributed by atoms with E-state index in [0.29, 0.717) is 18.0 Å². The average molecular weight is 347 g/mol. The van der Waals surface area contributed by atoms with Gasteiger partial charge in [0.05, 0.1) is 5.69 Å². The number of benzene rings is 3. The van der Waals surface area contributed by atoms with Gasteiger partial charge in [-0.15, -0.1) is 0 Å². The SMILES string of the molecule is Cc1cccc(NC(=O)NN)c1OCc1ccc(-c2ccccc2)cc1. The first-order chi connectivity index (χ1) is 12.7. The molecule has 0 heterocycles. The van der Waals surface area contributed by atoms with Gasteiger partial charge in [0.25, 0.3) is 0 Å². The van der Waals surface area contributed by atoms with Crippen LogP contribution in [0.15, 0.2) is 72.8 Å². The van der Waals surface area contributed by atoms with Gasteiger partial charge in [0.1, 0.15) is 12.4 Å². The number of rotatable bonds is 5. The molecule has 0 aliphatic carbocycles. The molecule has 0 saturated carbocycles. The lowest BCUT2D eigenvalue weighted by molar-refractivity contribution is 0.252. The summed E-state index contributed by atoms with van der Waals surface area (Å²) in [5, 5.41) is 2.67. The standard InChI is InChI=1S/C21H21N3O2/c1-15-6-5-9-19(23-21(25)24-22)20(15)26-14-16-10-12-18(13-11-16)17-7-3-2-4-8-17/h2-13H,14,22H2,1H3,(H2,23,24,25). The molecule has 3 rings (SSSR count). The molecule has 132 valence electrons. The van der Waals surface area contributed by atoms with E-state index in [1.807, 2.05) is 49.4 Å². The maximum Gasteiger partial charge on any atom is 0.333 e. The van der Waals surface area contributed by atoms with Crippen LogP contribution in [0.25, 0.3) is 11.1 Å². The Morgan fingerprint density at radius 1 is 0.923 bits per heavy atom. The fourth-order valence-corrected chi connectivity index (χ4v) is 2.68. The fourth-order valence-electron chi connectivity index (χ4n) is 2.68. The quantitative estimate of drug-likeness (QED) is 0.367. The van der Waals surface area contributed by atoms with Crippen molar-refractivity contribution >= 4 is 11.7 Å². The van der Waals surface area contributed by atoms with Crippen LogP contribution in [-0.2, 0) is 6.61 Å². The number of anilines is 1. The van der Waals surface area contributed by atoms with Crippen LogP contribution in [0.3, 0.4) is 0 Å². The number of amides is 2. The molecular formula is C21H21N3O2. The minimum Gasteiger partial charge on any atom is -0.486 e. The van der Waals surface area contributed by atoms with E-state index in [9.17, 15) is 4.79 Å². The van der Waals surface area contributed by atoms with Gasteiger partial charge in [-0.1, -0.05) is 66.7 Å². The summed E-state index contributed by atoms with van der Waals surface area (Å²) < 4.78 is 5.96. The number of urea groups is 1. The number of nitrogens with one attached hydrogen (secondary N) is 2. The van der Waals surface area contributed by atoms with Gasteiger partial charge in [-0.25, -0.2) is 10.6 Å². The summed E-state index contributed by atoms with van der Waals surface area (Å²) in [4.78, 5) is 11.5. The molecule has 0 atom stereocenters. The van der Waals surface area contributed by atoms with Gasteiger partial charge in [-0.2, -0.15) is 0 Å². The topological polar surface area (TPSA) is 76.4 Å². The number of ether oxygens (including phenoxy) is 1. The van der Waals surface area contributed by atoms with E-state index < -0.39 is 6.03 Å². The van der Waals surface area contributed by atoms with Crippen molar-refractivity contribution in [3.63, 3.8) is 0 Å². The van der Waals surface area contributed by atoms with Crippen LogP contribution in [0.2, 0.25) is 0 Å². The van der Waals surface area contributed by atoms with E-state index in [1.54, 1.807) is 6.07 Å². The molecule has 0 aliphatic heterocycles. The number of aryl methyl sites for hydroxylation is 1. The normalized spacial score (nSPS) is 10.2. The predicted molar refractivity (Wildman–Crippen MR) is 104 cm³/mol.